The van der Waals surface area contributed by atoms with Crippen LogP contribution in [0.2, 0.25) is 0 Å². The number of pyridine rings is 1. The van der Waals surface area contributed by atoms with Gasteiger partial charge < -0.3 is 9.72 Å². The van der Waals surface area contributed by atoms with E-state index >= 15 is 0 Å². The summed E-state index contributed by atoms with van der Waals surface area (Å²) in [6.07, 6.45) is 11.0. The normalized spacial score (nSPS) is 18.0. The van der Waals surface area contributed by atoms with Crippen molar-refractivity contribution >= 4 is 11.6 Å². The highest BCUT2D eigenvalue weighted by Crippen LogP contribution is 2.20. The summed E-state index contributed by atoms with van der Waals surface area (Å²) in [4.78, 5) is 16.3. The summed E-state index contributed by atoms with van der Waals surface area (Å²) in [7, 11) is 0. The number of carbonyl (C=O) groups is 1. The fourth-order valence-corrected chi connectivity index (χ4v) is 2.44. The van der Waals surface area contributed by atoms with Gasteiger partial charge in [-0.05, 0) is 30.9 Å². The molecule has 2 heterocycles. The molecule has 19 heavy (non-hydrogen) atoms. The van der Waals surface area contributed by atoms with Crippen molar-refractivity contribution in [3.63, 3.8) is 0 Å². The maximum Gasteiger partial charge on any atom is 0.220 e. The second-order valence-electron chi connectivity index (χ2n) is 4.94. The zero-order chi connectivity index (χ0) is 13.1. The fraction of sp³-hybridized carbons (Fsp3) is 0.333. The minimum absolute atomic E-state index is 0.105. The Kier molecular flexibility index (Phi) is 3.31. The third kappa shape index (κ3) is 2.84. The highest BCUT2D eigenvalue weighted by molar-refractivity contribution is 5.76. The lowest BCUT2D eigenvalue weighted by Crippen LogP contribution is -2.24. The molecule has 4 heteroatoms. The summed E-state index contributed by atoms with van der Waals surface area (Å²) in [5.74, 6) is 0.523. The predicted molar refractivity (Wildman–Crippen MR) is 73.5 cm³/mol. The van der Waals surface area contributed by atoms with Gasteiger partial charge in [-0.15, -0.1) is 0 Å². The number of nitrogens with one attached hydrogen (secondary N) is 1. The first kappa shape index (κ1) is 12.0. The van der Waals surface area contributed by atoms with Crippen molar-refractivity contribution in [2.75, 3.05) is 0 Å². The molecule has 0 aliphatic heterocycles. The van der Waals surface area contributed by atoms with Crippen molar-refractivity contribution in [3.8, 4) is 0 Å². The maximum atomic E-state index is 11.8. The van der Waals surface area contributed by atoms with E-state index in [0.29, 0.717) is 18.9 Å². The summed E-state index contributed by atoms with van der Waals surface area (Å²) in [5, 5.41) is 2.94. The van der Waals surface area contributed by atoms with Crippen molar-refractivity contribution in [2.45, 2.75) is 25.8 Å². The number of rotatable bonds is 4. The lowest BCUT2D eigenvalue weighted by atomic mass is 10.1. The minimum Gasteiger partial charge on any atom is -0.350 e. The van der Waals surface area contributed by atoms with Crippen LogP contribution < -0.4 is 5.32 Å². The SMILES string of the molecule is O=C(C[C@H]1C=CCC1)NCc1cn2ccccc2n1. The molecule has 98 valence electrons. The number of fused-ring (bicyclic) bond motifs is 1. The molecule has 1 N–H and O–H groups in total. The van der Waals surface area contributed by atoms with Gasteiger partial charge in [0.05, 0.1) is 12.2 Å². The van der Waals surface area contributed by atoms with Gasteiger partial charge in [-0.25, -0.2) is 4.98 Å². The van der Waals surface area contributed by atoms with Crippen molar-refractivity contribution in [1.29, 1.82) is 0 Å². The van der Waals surface area contributed by atoms with Crippen LogP contribution in [-0.4, -0.2) is 15.3 Å². The van der Waals surface area contributed by atoms with Gasteiger partial charge >= 0.3 is 0 Å². The summed E-state index contributed by atoms with van der Waals surface area (Å²) in [6.45, 7) is 0.497. The largest absolute Gasteiger partial charge is 0.350 e. The molecule has 2 aromatic heterocycles. The van der Waals surface area contributed by atoms with Gasteiger partial charge in [-0.2, -0.15) is 0 Å². The van der Waals surface area contributed by atoms with Gasteiger partial charge in [-0.1, -0.05) is 18.2 Å². The van der Waals surface area contributed by atoms with Gasteiger partial charge in [0.1, 0.15) is 5.65 Å². The summed E-state index contributed by atoms with van der Waals surface area (Å²) in [6, 6.07) is 5.87. The molecule has 1 amide bonds. The molecule has 1 atom stereocenters. The molecule has 3 rings (SSSR count). The Morgan fingerprint density at radius 3 is 3.21 bits per heavy atom. The quantitative estimate of drug-likeness (QED) is 0.852. The molecule has 0 saturated heterocycles. The first-order valence-corrected chi connectivity index (χ1v) is 6.67. The van der Waals surface area contributed by atoms with Gasteiger partial charge in [0.2, 0.25) is 5.91 Å². The van der Waals surface area contributed by atoms with E-state index in [0.717, 1.165) is 24.2 Å². The number of amides is 1. The summed E-state index contributed by atoms with van der Waals surface area (Å²) < 4.78 is 1.96. The Labute approximate surface area is 112 Å². The van der Waals surface area contributed by atoms with Crippen molar-refractivity contribution < 1.29 is 4.79 Å². The fourth-order valence-electron chi connectivity index (χ4n) is 2.44. The Hall–Kier alpha value is -2.10. The Bertz CT molecular complexity index is 582. The first-order valence-electron chi connectivity index (χ1n) is 6.67. The summed E-state index contributed by atoms with van der Waals surface area (Å²) in [5.41, 5.74) is 1.80. The topological polar surface area (TPSA) is 46.4 Å². The Morgan fingerprint density at radius 1 is 1.47 bits per heavy atom. The molecule has 2 aromatic rings. The van der Waals surface area contributed by atoms with Crippen LogP contribution in [0.15, 0.2) is 42.7 Å². The highest BCUT2D eigenvalue weighted by Gasteiger charge is 2.13. The molecule has 0 spiro atoms. The zero-order valence-electron chi connectivity index (χ0n) is 10.7. The molecule has 0 unspecified atom stereocenters. The van der Waals surface area contributed by atoms with E-state index in [1.807, 2.05) is 35.0 Å². The Balaban J connectivity index is 1.56. The van der Waals surface area contributed by atoms with Crippen molar-refractivity contribution in [3.05, 3.63) is 48.4 Å². The average Bonchev–Trinajstić information content (AvgIpc) is 3.04. The van der Waals surface area contributed by atoms with E-state index in [4.69, 9.17) is 0 Å². The molecule has 1 aliphatic rings. The smallest absolute Gasteiger partial charge is 0.220 e. The molecular formula is C15H17N3O. The van der Waals surface area contributed by atoms with Crippen molar-refractivity contribution in [2.24, 2.45) is 5.92 Å². The van der Waals surface area contributed by atoms with Gasteiger partial charge in [0.15, 0.2) is 0 Å². The molecule has 0 bridgehead atoms. The third-order valence-corrected chi connectivity index (χ3v) is 3.44. The monoisotopic (exact) mass is 255 g/mol. The zero-order valence-corrected chi connectivity index (χ0v) is 10.7. The predicted octanol–water partition coefficient (Wildman–Crippen LogP) is 2.31. The first-order chi connectivity index (χ1) is 9.31. The number of nitrogens with zero attached hydrogens (tertiary/aromatic N) is 2. The van der Waals surface area contributed by atoms with Crippen molar-refractivity contribution in [1.82, 2.24) is 14.7 Å². The van der Waals surface area contributed by atoms with Crippen LogP contribution in [-0.2, 0) is 11.3 Å². The maximum absolute atomic E-state index is 11.8. The van der Waals surface area contributed by atoms with Crippen LogP contribution >= 0.6 is 0 Å². The van der Waals surface area contributed by atoms with Crippen LogP contribution in [0.4, 0.5) is 0 Å². The van der Waals surface area contributed by atoms with Crippen LogP contribution in [0, 0.1) is 5.92 Å². The van der Waals surface area contributed by atoms with E-state index < -0.39 is 0 Å². The van der Waals surface area contributed by atoms with Gasteiger partial charge in [0.25, 0.3) is 0 Å². The van der Waals surface area contributed by atoms with E-state index in [2.05, 4.69) is 22.5 Å². The lowest BCUT2D eigenvalue weighted by Gasteiger charge is -2.07. The second kappa shape index (κ2) is 5.26. The number of hydrogen-bond acceptors (Lipinski definition) is 2. The van der Waals surface area contributed by atoms with Gasteiger partial charge in [0, 0.05) is 18.8 Å². The standard InChI is InChI=1S/C15H17N3O/c19-15(9-12-5-1-2-6-12)16-10-13-11-18-8-4-3-7-14(18)17-13/h1,3-5,7-8,11-12H,2,6,9-10H2,(H,16,19)/t12-/m0/s1. The van der Waals surface area contributed by atoms with Crippen LogP contribution in [0.25, 0.3) is 5.65 Å². The van der Waals surface area contributed by atoms with Crippen LogP contribution in [0.1, 0.15) is 25.0 Å². The number of carbonyl (C=O) groups excluding carboxylic acids is 1. The molecular weight excluding hydrogens is 238 g/mol. The average molecular weight is 255 g/mol. The highest BCUT2D eigenvalue weighted by atomic mass is 16.1. The number of aromatic nitrogens is 2. The number of hydrogen-bond donors (Lipinski definition) is 1. The lowest BCUT2D eigenvalue weighted by molar-refractivity contribution is -0.121. The second-order valence-corrected chi connectivity index (χ2v) is 4.94. The summed E-state index contributed by atoms with van der Waals surface area (Å²) >= 11 is 0. The number of imidazole rings is 1. The molecule has 1 aliphatic carbocycles. The van der Waals surface area contributed by atoms with E-state index in [9.17, 15) is 4.79 Å². The molecule has 0 aromatic carbocycles. The molecule has 0 saturated carbocycles. The van der Waals surface area contributed by atoms with E-state index in [1.54, 1.807) is 0 Å². The third-order valence-electron chi connectivity index (χ3n) is 3.44. The van der Waals surface area contributed by atoms with Crippen LogP contribution in [0.5, 0.6) is 0 Å². The van der Waals surface area contributed by atoms with Crippen LogP contribution in [0.3, 0.4) is 0 Å². The minimum atomic E-state index is 0.105. The van der Waals surface area contributed by atoms with E-state index in [1.165, 1.54) is 0 Å². The molecule has 4 nitrogen and oxygen atoms in total. The molecule has 0 radical (unpaired) electrons. The number of allylic oxidation sites excluding steroid dienone is 2. The van der Waals surface area contributed by atoms with E-state index in [-0.39, 0.29) is 5.91 Å². The molecule has 0 fully saturated rings. The Morgan fingerprint density at radius 2 is 2.42 bits per heavy atom. The van der Waals surface area contributed by atoms with Gasteiger partial charge in [-0.3, -0.25) is 4.79 Å².